The maximum atomic E-state index is 13.6. The van der Waals surface area contributed by atoms with Crippen LogP contribution in [0.15, 0.2) is 6.20 Å². The van der Waals surface area contributed by atoms with E-state index >= 15 is 0 Å². The molecule has 88 valence electrons. The van der Waals surface area contributed by atoms with Crippen molar-refractivity contribution in [3.05, 3.63) is 12.0 Å². The quantitative estimate of drug-likeness (QED) is 0.834. The average molecular weight is 224 g/mol. The number of piperidine rings is 1. The normalized spacial score (nSPS) is 21.1. The van der Waals surface area contributed by atoms with E-state index in [0.29, 0.717) is 11.9 Å². The number of nitrogens with two attached hydrogens (primary N) is 1. The van der Waals surface area contributed by atoms with Gasteiger partial charge in [0.1, 0.15) is 0 Å². The second kappa shape index (κ2) is 4.63. The minimum absolute atomic E-state index is 0.136. The van der Waals surface area contributed by atoms with Crippen molar-refractivity contribution in [3.8, 4) is 0 Å². The number of hydrogen-bond acceptors (Lipinski definition) is 4. The number of hydrogen-bond donors (Lipinski definition) is 1. The zero-order chi connectivity index (χ0) is 11.5. The number of nitrogens with zero attached hydrogens (tertiary/aromatic N) is 3. The summed E-state index contributed by atoms with van der Waals surface area (Å²) in [5.74, 6) is 0.116. The smallest absolute Gasteiger partial charge is 0.222 e. The van der Waals surface area contributed by atoms with Gasteiger partial charge in [-0.05, 0) is 25.7 Å². The minimum atomic E-state index is -0.380. The lowest BCUT2D eigenvalue weighted by Gasteiger charge is -2.36. The fourth-order valence-corrected chi connectivity index (χ4v) is 2.28. The average Bonchev–Trinajstić information content (AvgIpc) is 2.32. The minimum Gasteiger partial charge on any atom is -0.368 e. The largest absolute Gasteiger partial charge is 0.368 e. The lowest BCUT2D eigenvalue weighted by atomic mass is 10.00. The zero-order valence-corrected chi connectivity index (χ0v) is 9.49. The summed E-state index contributed by atoms with van der Waals surface area (Å²) in [4.78, 5) is 9.69. The molecule has 1 aromatic heterocycles. The van der Waals surface area contributed by atoms with Crippen molar-refractivity contribution in [2.45, 2.75) is 38.6 Å². The number of aromatic nitrogens is 2. The molecule has 1 aliphatic heterocycles. The van der Waals surface area contributed by atoms with Crippen LogP contribution in [0.5, 0.6) is 0 Å². The van der Waals surface area contributed by atoms with Crippen molar-refractivity contribution in [1.82, 2.24) is 9.97 Å². The van der Waals surface area contributed by atoms with E-state index in [9.17, 15) is 4.39 Å². The summed E-state index contributed by atoms with van der Waals surface area (Å²) in [7, 11) is 0. The van der Waals surface area contributed by atoms with E-state index in [2.05, 4.69) is 16.9 Å². The lowest BCUT2D eigenvalue weighted by Crippen LogP contribution is -2.40. The molecule has 0 saturated carbocycles. The van der Waals surface area contributed by atoms with E-state index in [1.165, 1.54) is 6.42 Å². The fourth-order valence-electron chi connectivity index (χ4n) is 2.28. The first-order valence-electron chi connectivity index (χ1n) is 5.77. The summed E-state index contributed by atoms with van der Waals surface area (Å²) in [5.41, 5.74) is 5.51. The molecule has 1 saturated heterocycles. The molecule has 0 aliphatic carbocycles. The van der Waals surface area contributed by atoms with E-state index in [4.69, 9.17) is 5.73 Å². The molecule has 1 atom stereocenters. The van der Waals surface area contributed by atoms with Gasteiger partial charge in [-0.25, -0.2) is 9.37 Å². The third-order valence-corrected chi connectivity index (χ3v) is 3.11. The van der Waals surface area contributed by atoms with Crippen LogP contribution in [0.1, 0.15) is 32.6 Å². The molecule has 1 fully saturated rings. The van der Waals surface area contributed by atoms with Gasteiger partial charge < -0.3 is 10.6 Å². The van der Waals surface area contributed by atoms with Gasteiger partial charge in [0, 0.05) is 12.6 Å². The molecule has 2 rings (SSSR count). The highest BCUT2D eigenvalue weighted by Gasteiger charge is 2.24. The van der Waals surface area contributed by atoms with Crippen molar-refractivity contribution in [3.63, 3.8) is 0 Å². The molecule has 2 heterocycles. The first-order chi connectivity index (χ1) is 7.72. The molecule has 0 aromatic carbocycles. The Balaban J connectivity index is 2.30. The maximum absolute atomic E-state index is 13.6. The van der Waals surface area contributed by atoms with Crippen molar-refractivity contribution in [1.29, 1.82) is 0 Å². The van der Waals surface area contributed by atoms with Crippen LogP contribution in [-0.4, -0.2) is 22.6 Å². The van der Waals surface area contributed by atoms with Crippen LogP contribution in [0, 0.1) is 5.82 Å². The predicted molar refractivity (Wildman–Crippen MR) is 61.7 cm³/mol. The van der Waals surface area contributed by atoms with Gasteiger partial charge in [0.15, 0.2) is 11.6 Å². The molecule has 1 aliphatic rings. The standard InChI is InChI=1S/C11H17FN4/c1-2-8-5-3-4-6-16(8)10-9(12)7-14-11(13)15-10/h7-8H,2-6H2,1H3,(H2,13,14,15). The highest BCUT2D eigenvalue weighted by Crippen LogP contribution is 2.26. The van der Waals surface area contributed by atoms with Gasteiger partial charge in [-0.15, -0.1) is 0 Å². The Hall–Kier alpha value is -1.39. The van der Waals surface area contributed by atoms with Gasteiger partial charge in [-0.3, -0.25) is 0 Å². The lowest BCUT2D eigenvalue weighted by molar-refractivity contribution is 0.438. The second-order valence-electron chi connectivity index (χ2n) is 4.15. The van der Waals surface area contributed by atoms with E-state index in [1.54, 1.807) is 0 Å². The van der Waals surface area contributed by atoms with E-state index in [-0.39, 0.29) is 11.8 Å². The monoisotopic (exact) mass is 224 g/mol. The molecule has 1 unspecified atom stereocenters. The summed E-state index contributed by atoms with van der Waals surface area (Å²) in [5, 5.41) is 0. The second-order valence-corrected chi connectivity index (χ2v) is 4.15. The molecular weight excluding hydrogens is 207 g/mol. The fraction of sp³-hybridized carbons (Fsp3) is 0.636. The van der Waals surface area contributed by atoms with Crippen LogP contribution in [0.25, 0.3) is 0 Å². The van der Waals surface area contributed by atoms with E-state index in [0.717, 1.165) is 32.0 Å². The molecular formula is C11H17FN4. The molecule has 5 heteroatoms. The number of anilines is 2. The first kappa shape index (κ1) is 11.1. The summed E-state index contributed by atoms with van der Waals surface area (Å²) in [6.45, 7) is 2.97. The van der Waals surface area contributed by atoms with Crippen molar-refractivity contribution < 1.29 is 4.39 Å². The third-order valence-electron chi connectivity index (χ3n) is 3.11. The van der Waals surface area contributed by atoms with Gasteiger partial charge in [0.2, 0.25) is 5.95 Å². The third kappa shape index (κ3) is 2.08. The Morgan fingerprint density at radius 3 is 3.12 bits per heavy atom. The molecule has 2 N–H and O–H groups in total. The van der Waals surface area contributed by atoms with Crippen molar-refractivity contribution in [2.75, 3.05) is 17.2 Å². The SMILES string of the molecule is CCC1CCCCN1c1nc(N)ncc1F. The van der Waals surface area contributed by atoms with Gasteiger partial charge in [0.05, 0.1) is 6.20 Å². The van der Waals surface area contributed by atoms with Crippen molar-refractivity contribution >= 4 is 11.8 Å². The van der Waals surface area contributed by atoms with Crippen molar-refractivity contribution in [2.24, 2.45) is 0 Å². The first-order valence-corrected chi connectivity index (χ1v) is 5.77. The van der Waals surface area contributed by atoms with Crippen LogP contribution in [0.2, 0.25) is 0 Å². The topological polar surface area (TPSA) is 55.0 Å². The Bertz CT molecular complexity index is 369. The van der Waals surface area contributed by atoms with Gasteiger partial charge in [-0.1, -0.05) is 6.92 Å². The molecule has 1 aromatic rings. The summed E-state index contributed by atoms with van der Waals surface area (Å²) >= 11 is 0. The van der Waals surface area contributed by atoms with Gasteiger partial charge >= 0.3 is 0 Å². The number of halogens is 1. The Morgan fingerprint density at radius 1 is 1.56 bits per heavy atom. The van der Waals surface area contributed by atoms with E-state index in [1.807, 2.05) is 4.90 Å². The Labute approximate surface area is 94.7 Å². The van der Waals surface area contributed by atoms with Crippen LogP contribution in [0.3, 0.4) is 0 Å². The summed E-state index contributed by atoms with van der Waals surface area (Å²) < 4.78 is 13.6. The Morgan fingerprint density at radius 2 is 2.38 bits per heavy atom. The zero-order valence-electron chi connectivity index (χ0n) is 9.49. The van der Waals surface area contributed by atoms with Crippen LogP contribution in [-0.2, 0) is 0 Å². The summed E-state index contributed by atoms with van der Waals surface area (Å²) in [6, 6.07) is 0.373. The highest BCUT2D eigenvalue weighted by molar-refractivity contribution is 5.44. The predicted octanol–water partition coefficient (Wildman–Crippen LogP) is 1.97. The molecule has 0 bridgehead atoms. The van der Waals surface area contributed by atoms with Gasteiger partial charge in [-0.2, -0.15) is 4.98 Å². The van der Waals surface area contributed by atoms with E-state index < -0.39 is 0 Å². The van der Waals surface area contributed by atoms with Crippen LogP contribution < -0.4 is 10.6 Å². The summed E-state index contributed by atoms with van der Waals surface area (Å²) in [6.07, 6.45) is 5.54. The molecule has 0 radical (unpaired) electrons. The number of nitrogen functional groups attached to an aromatic ring is 1. The molecule has 0 amide bonds. The van der Waals surface area contributed by atoms with Gasteiger partial charge in [0.25, 0.3) is 0 Å². The Kier molecular flexibility index (Phi) is 3.22. The molecule has 0 spiro atoms. The molecule has 16 heavy (non-hydrogen) atoms. The maximum Gasteiger partial charge on any atom is 0.222 e. The van der Waals surface area contributed by atoms with Crippen LogP contribution >= 0.6 is 0 Å². The number of rotatable bonds is 2. The van der Waals surface area contributed by atoms with Crippen LogP contribution in [0.4, 0.5) is 16.2 Å². The molecule has 4 nitrogen and oxygen atoms in total. The highest BCUT2D eigenvalue weighted by atomic mass is 19.1.